The molecular formula is C19H21N5O2. The molecule has 1 aliphatic heterocycles. The average Bonchev–Trinajstić information content (AvgIpc) is 3.09. The second-order valence-electron chi connectivity index (χ2n) is 6.45. The van der Waals surface area contributed by atoms with Gasteiger partial charge in [-0.05, 0) is 25.5 Å². The predicted octanol–water partition coefficient (Wildman–Crippen LogP) is 2.39. The minimum atomic E-state index is -0.0279. The summed E-state index contributed by atoms with van der Waals surface area (Å²) in [6, 6.07) is 1.83. The molecule has 0 spiro atoms. The summed E-state index contributed by atoms with van der Waals surface area (Å²) in [4.78, 5) is 23.2. The molecule has 7 nitrogen and oxygen atoms in total. The first kappa shape index (κ1) is 16.5. The van der Waals surface area contributed by atoms with Crippen LogP contribution < -0.4 is 0 Å². The van der Waals surface area contributed by atoms with E-state index in [-0.39, 0.29) is 5.91 Å². The predicted molar refractivity (Wildman–Crippen MR) is 95.0 cm³/mol. The number of nitrogens with zero attached hydrogens (tertiary/aromatic N) is 5. The van der Waals surface area contributed by atoms with Gasteiger partial charge in [-0.3, -0.25) is 19.4 Å². The van der Waals surface area contributed by atoms with Crippen LogP contribution >= 0.6 is 0 Å². The van der Waals surface area contributed by atoms with E-state index in [1.54, 1.807) is 22.0 Å². The van der Waals surface area contributed by atoms with E-state index in [9.17, 15) is 4.79 Å². The summed E-state index contributed by atoms with van der Waals surface area (Å²) in [5, 5.41) is 4.52. The van der Waals surface area contributed by atoms with E-state index in [0.29, 0.717) is 31.9 Å². The van der Waals surface area contributed by atoms with Crippen molar-refractivity contribution >= 4 is 5.91 Å². The Bertz CT molecular complexity index is 884. The van der Waals surface area contributed by atoms with Gasteiger partial charge in [0.05, 0.1) is 30.2 Å². The SMILES string of the molecule is Cc1nccnc1CN1CCn2nc(COC3=CC=CCC3)cc2C1=O. The fourth-order valence-corrected chi connectivity index (χ4v) is 3.15. The quantitative estimate of drug-likeness (QED) is 0.827. The van der Waals surface area contributed by atoms with Gasteiger partial charge in [-0.2, -0.15) is 5.10 Å². The zero-order chi connectivity index (χ0) is 17.9. The smallest absolute Gasteiger partial charge is 0.272 e. The van der Waals surface area contributed by atoms with E-state index in [4.69, 9.17) is 4.74 Å². The van der Waals surface area contributed by atoms with Crippen LogP contribution in [-0.2, 0) is 24.4 Å². The highest BCUT2D eigenvalue weighted by atomic mass is 16.5. The zero-order valence-electron chi connectivity index (χ0n) is 14.8. The number of carbonyl (C=O) groups excluding carboxylic acids is 1. The third-order valence-electron chi connectivity index (χ3n) is 4.62. The van der Waals surface area contributed by atoms with Gasteiger partial charge < -0.3 is 9.64 Å². The van der Waals surface area contributed by atoms with Crippen LogP contribution in [0.25, 0.3) is 0 Å². The molecule has 2 aromatic heterocycles. The summed E-state index contributed by atoms with van der Waals surface area (Å²) in [6.07, 6.45) is 11.3. The highest BCUT2D eigenvalue weighted by Crippen LogP contribution is 2.19. The van der Waals surface area contributed by atoms with Gasteiger partial charge in [0.1, 0.15) is 18.0 Å². The Morgan fingerprint density at radius 2 is 2.12 bits per heavy atom. The first-order chi connectivity index (χ1) is 12.7. The second-order valence-corrected chi connectivity index (χ2v) is 6.45. The van der Waals surface area contributed by atoms with Crippen LogP contribution in [0.4, 0.5) is 0 Å². The maximum absolute atomic E-state index is 12.8. The Labute approximate surface area is 152 Å². The largest absolute Gasteiger partial charge is 0.492 e. The fraction of sp³-hybridized carbons (Fsp3) is 0.368. The molecule has 4 rings (SSSR count). The van der Waals surface area contributed by atoms with E-state index in [0.717, 1.165) is 35.7 Å². The Balaban J connectivity index is 1.45. The van der Waals surface area contributed by atoms with Gasteiger partial charge in [0.15, 0.2) is 0 Å². The Morgan fingerprint density at radius 1 is 1.23 bits per heavy atom. The van der Waals surface area contributed by atoms with Crippen LogP contribution in [0, 0.1) is 6.92 Å². The highest BCUT2D eigenvalue weighted by Gasteiger charge is 2.27. The van der Waals surface area contributed by atoms with Crippen molar-refractivity contribution in [3.05, 3.63) is 65.2 Å². The Hall–Kier alpha value is -2.96. The maximum Gasteiger partial charge on any atom is 0.272 e. The van der Waals surface area contributed by atoms with Crippen molar-refractivity contribution in [1.82, 2.24) is 24.6 Å². The number of hydrogen-bond donors (Lipinski definition) is 0. The molecule has 0 N–H and O–H groups in total. The summed E-state index contributed by atoms with van der Waals surface area (Å²) in [7, 11) is 0. The van der Waals surface area contributed by atoms with E-state index >= 15 is 0 Å². The first-order valence-corrected chi connectivity index (χ1v) is 8.81. The number of rotatable bonds is 5. The van der Waals surface area contributed by atoms with Crippen LogP contribution in [0.3, 0.4) is 0 Å². The summed E-state index contributed by atoms with van der Waals surface area (Å²) in [6.45, 7) is 4.04. The van der Waals surface area contributed by atoms with Crippen LogP contribution in [0.1, 0.15) is 40.4 Å². The van der Waals surface area contributed by atoms with Gasteiger partial charge in [-0.15, -0.1) is 0 Å². The van der Waals surface area contributed by atoms with Crippen molar-refractivity contribution in [3.63, 3.8) is 0 Å². The van der Waals surface area contributed by atoms with Crippen LogP contribution in [-0.4, -0.2) is 37.1 Å². The lowest BCUT2D eigenvalue weighted by molar-refractivity contribution is 0.0680. The van der Waals surface area contributed by atoms with Gasteiger partial charge >= 0.3 is 0 Å². The molecule has 26 heavy (non-hydrogen) atoms. The fourth-order valence-electron chi connectivity index (χ4n) is 3.15. The van der Waals surface area contributed by atoms with Crippen molar-refractivity contribution in [1.29, 1.82) is 0 Å². The molecule has 1 aliphatic carbocycles. The van der Waals surface area contributed by atoms with E-state index in [1.165, 1.54) is 0 Å². The summed E-state index contributed by atoms with van der Waals surface area (Å²) in [5.74, 6) is 0.935. The molecule has 7 heteroatoms. The number of hydrogen-bond acceptors (Lipinski definition) is 5. The van der Waals surface area contributed by atoms with Crippen molar-refractivity contribution in [2.24, 2.45) is 0 Å². The van der Waals surface area contributed by atoms with Crippen LogP contribution in [0.2, 0.25) is 0 Å². The highest BCUT2D eigenvalue weighted by molar-refractivity contribution is 5.93. The Morgan fingerprint density at radius 3 is 2.92 bits per heavy atom. The number of fused-ring (bicyclic) bond motifs is 1. The summed E-state index contributed by atoms with van der Waals surface area (Å²) < 4.78 is 7.59. The Kier molecular flexibility index (Phi) is 4.51. The molecule has 0 bridgehead atoms. The van der Waals surface area contributed by atoms with Crippen LogP contribution in [0.15, 0.2) is 42.4 Å². The van der Waals surface area contributed by atoms with E-state index in [1.807, 2.05) is 25.1 Å². The molecule has 134 valence electrons. The van der Waals surface area contributed by atoms with Crippen molar-refractivity contribution in [2.45, 2.75) is 39.5 Å². The molecule has 0 atom stereocenters. The molecule has 1 amide bonds. The second kappa shape index (κ2) is 7.11. The number of carbonyl (C=O) groups is 1. The summed E-state index contributed by atoms with van der Waals surface area (Å²) >= 11 is 0. The van der Waals surface area contributed by atoms with Crippen molar-refractivity contribution in [3.8, 4) is 0 Å². The zero-order valence-corrected chi connectivity index (χ0v) is 14.8. The lowest BCUT2D eigenvalue weighted by atomic mass is 10.2. The van der Waals surface area contributed by atoms with Crippen LogP contribution in [0.5, 0.6) is 0 Å². The number of allylic oxidation sites excluding steroid dienone is 4. The number of aryl methyl sites for hydroxylation is 1. The number of aromatic nitrogens is 4. The van der Waals surface area contributed by atoms with E-state index < -0.39 is 0 Å². The number of amides is 1. The molecule has 0 saturated carbocycles. The molecule has 0 saturated heterocycles. The molecule has 2 aliphatic rings. The molecule has 3 heterocycles. The molecule has 0 radical (unpaired) electrons. The monoisotopic (exact) mass is 351 g/mol. The summed E-state index contributed by atoms with van der Waals surface area (Å²) in [5.41, 5.74) is 3.06. The topological polar surface area (TPSA) is 73.1 Å². The van der Waals surface area contributed by atoms with Gasteiger partial charge in [0.2, 0.25) is 0 Å². The molecule has 0 fully saturated rings. The third-order valence-corrected chi connectivity index (χ3v) is 4.62. The van der Waals surface area contributed by atoms with Gasteiger partial charge in [-0.25, -0.2) is 0 Å². The lowest BCUT2D eigenvalue weighted by Gasteiger charge is -2.27. The minimum Gasteiger partial charge on any atom is -0.492 e. The minimum absolute atomic E-state index is 0.0279. The lowest BCUT2D eigenvalue weighted by Crippen LogP contribution is -2.40. The molecule has 2 aromatic rings. The molecule has 0 unspecified atom stereocenters. The van der Waals surface area contributed by atoms with Crippen molar-refractivity contribution < 1.29 is 9.53 Å². The first-order valence-electron chi connectivity index (χ1n) is 8.81. The molecular weight excluding hydrogens is 330 g/mol. The van der Waals surface area contributed by atoms with Crippen molar-refractivity contribution in [2.75, 3.05) is 6.54 Å². The maximum atomic E-state index is 12.8. The average molecular weight is 351 g/mol. The van der Waals surface area contributed by atoms with Gasteiger partial charge in [0, 0.05) is 25.4 Å². The third kappa shape index (κ3) is 3.37. The molecule has 0 aromatic carbocycles. The van der Waals surface area contributed by atoms with Gasteiger partial charge in [0.25, 0.3) is 5.91 Å². The standard InChI is InChI=1S/C19H21N5O2/c1-14-17(21-8-7-20-14)12-23-9-10-24-18(19(23)25)11-15(22-24)13-26-16-5-3-2-4-6-16/h2-3,5,7-8,11H,4,6,9-10,12-13H2,1H3. The van der Waals surface area contributed by atoms with E-state index in [2.05, 4.69) is 21.1 Å². The number of ether oxygens (including phenoxy) is 1. The van der Waals surface area contributed by atoms with Gasteiger partial charge in [-0.1, -0.05) is 12.2 Å². The normalized spacial score (nSPS) is 16.4.